The summed E-state index contributed by atoms with van der Waals surface area (Å²) in [6, 6.07) is 0. The fourth-order valence-corrected chi connectivity index (χ4v) is 1.06. The van der Waals surface area contributed by atoms with Crippen molar-refractivity contribution < 1.29 is 23.9 Å². The number of aliphatic hydroxyl groups excluding tert-OH is 2. The van der Waals surface area contributed by atoms with Crippen molar-refractivity contribution in [2.45, 2.75) is 12.5 Å². The Labute approximate surface area is 83.0 Å². The zero-order valence-electron chi connectivity index (χ0n) is 7.79. The van der Waals surface area contributed by atoms with E-state index in [9.17, 15) is 14.8 Å². The van der Waals surface area contributed by atoms with Crippen LogP contribution in [0, 0.1) is 0 Å². The van der Waals surface area contributed by atoms with Crippen molar-refractivity contribution in [1.82, 2.24) is 5.06 Å². The molecule has 0 aliphatic heterocycles. The monoisotopic (exact) mass is 223 g/mol. The van der Waals surface area contributed by atoms with Gasteiger partial charge in [-0.25, -0.2) is 4.62 Å². The lowest BCUT2D eigenvalue weighted by Crippen LogP contribution is -2.39. The van der Waals surface area contributed by atoms with Crippen LogP contribution in [0.2, 0.25) is 0 Å². The van der Waals surface area contributed by atoms with Crippen molar-refractivity contribution in [1.29, 1.82) is 0 Å². The highest BCUT2D eigenvalue weighted by Gasteiger charge is 2.22. The number of hydroxylamine groups is 2. The molecule has 0 saturated heterocycles. The van der Waals surface area contributed by atoms with Crippen LogP contribution in [0.15, 0.2) is 25.3 Å². The van der Waals surface area contributed by atoms with Crippen molar-refractivity contribution in [2.75, 3.05) is 7.11 Å². The molecule has 3 unspecified atom stereocenters. The maximum absolute atomic E-state index is 10.9. The summed E-state index contributed by atoms with van der Waals surface area (Å²) in [7, 11) is -1.60. The summed E-state index contributed by atoms with van der Waals surface area (Å²) in [5, 5.41) is 19.2. The van der Waals surface area contributed by atoms with E-state index >= 15 is 0 Å². The van der Waals surface area contributed by atoms with E-state index in [2.05, 4.69) is 22.3 Å². The Morgan fingerprint density at radius 2 is 1.79 bits per heavy atom. The van der Waals surface area contributed by atoms with E-state index in [-0.39, 0.29) is 0 Å². The second kappa shape index (κ2) is 6.89. The third kappa shape index (κ3) is 4.15. The molecule has 3 atom stereocenters. The number of hydrogen-bond acceptors (Lipinski definition) is 6. The van der Waals surface area contributed by atoms with Crippen LogP contribution in [-0.4, -0.2) is 34.8 Å². The van der Waals surface area contributed by atoms with Crippen LogP contribution in [0.5, 0.6) is 0 Å². The minimum absolute atomic E-state index is 0.658. The van der Waals surface area contributed by atoms with E-state index in [0.29, 0.717) is 5.06 Å². The summed E-state index contributed by atoms with van der Waals surface area (Å²) in [6.45, 7) is 6.57. The quantitative estimate of drug-likeness (QED) is 0.279. The van der Waals surface area contributed by atoms with Gasteiger partial charge in [-0.15, -0.1) is 5.06 Å². The van der Waals surface area contributed by atoms with E-state index in [1.807, 2.05) is 0 Å². The molecule has 0 aliphatic rings. The largest absolute Gasteiger partial charge is 0.372 e. The zero-order chi connectivity index (χ0) is 11.1. The second-order valence-corrected chi connectivity index (χ2v) is 3.29. The smallest absolute Gasteiger partial charge is 0.335 e. The summed E-state index contributed by atoms with van der Waals surface area (Å²) >= 11 is 0. The Hall–Kier alpha value is -0.490. The molecule has 82 valence electrons. The third-order valence-corrected chi connectivity index (χ3v) is 1.98. The summed E-state index contributed by atoms with van der Waals surface area (Å²) in [6.07, 6.45) is -0.408. The number of hydrogen-bond donors (Lipinski definition) is 2. The van der Waals surface area contributed by atoms with Crippen LogP contribution < -0.4 is 0 Å². The Morgan fingerprint density at radius 1 is 1.36 bits per heavy atom. The van der Waals surface area contributed by atoms with Gasteiger partial charge in [0, 0.05) is 7.11 Å². The lowest BCUT2D eigenvalue weighted by Gasteiger charge is -2.26. The normalized spacial score (nSPS) is 17.4. The van der Waals surface area contributed by atoms with Crippen LogP contribution >= 0.6 is 8.25 Å². The summed E-state index contributed by atoms with van der Waals surface area (Å²) < 4.78 is 19.9. The second-order valence-electron chi connectivity index (χ2n) is 2.20. The fourth-order valence-electron chi connectivity index (χ4n) is 0.596. The average Bonchev–Trinajstić information content (AvgIpc) is 2.23. The number of rotatable bonds is 7. The lowest BCUT2D eigenvalue weighted by atomic mass is 10.4. The first-order valence-electron chi connectivity index (χ1n) is 3.72. The molecule has 7 heteroatoms. The van der Waals surface area contributed by atoms with Gasteiger partial charge in [0.1, 0.15) is 0 Å². The first-order chi connectivity index (χ1) is 6.56. The predicted octanol–water partition coefficient (Wildman–Crippen LogP) is 0.265. The molecule has 0 aromatic carbocycles. The zero-order valence-corrected chi connectivity index (χ0v) is 8.79. The van der Waals surface area contributed by atoms with Gasteiger partial charge in [0.25, 0.3) is 0 Å². The highest BCUT2D eigenvalue weighted by molar-refractivity contribution is 7.33. The van der Waals surface area contributed by atoms with Gasteiger partial charge in [-0.1, -0.05) is 13.2 Å². The number of nitrogens with zero attached hydrogens (tertiary/aromatic N) is 1. The van der Waals surface area contributed by atoms with Gasteiger partial charge in [-0.2, -0.15) is 0 Å². The maximum Gasteiger partial charge on any atom is 0.335 e. The van der Waals surface area contributed by atoms with Crippen LogP contribution in [-0.2, 0) is 13.7 Å². The molecule has 0 radical (unpaired) electrons. The van der Waals surface area contributed by atoms with Crippen molar-refractivity contribution in [3.05, 3.63) is 25.3 Å². The summed E-state index contributed by atoms with van der Waals surface area (Å²) in [5.74, 6) is 0. The van der Waals surface area contributed by atoms with Gasteiger partial charge >= 0.3 is 8.25 Å². The minimum atomic E-state index is -2.78. The van der Waals surface area contributed by atoms with Gasteiger partial charge in [-0.3, -0.25) is 4.57 Å². The van der Waals surface area contributed by atoms with Gasteiger partial charge in [-0.05, 0) is 12.2 Å². The van der Waals surface area contributed by atoms with Crippen LogP contribution in [0.4, 0.5) is 0 Å². The highest BCUT2D eigenvalue weighted by atomic mass is 31.1. The average molecular weight is 223 g/mol. The van der Waals surface area contributed by atoms with Gasteiger partial charge < -0.3 is 14.7 Å². The molecular formula is C7H14NO5P. The highest BCUT2D eigenvalue weighted by Crippen LogP contribution is 2.26. The molecule has 0 aliphatic carbocycles. The number of aliphatic hydroxyl groups is 2. The Morgan fingerprint density at radius 3 is 2.07 bits per heavy atom. The van der Waals surface area contributed by atoms with Crippen LogP contribution in [0.1, 0.15) is 0 Å². The Kier molecular flexibility index (Phi) is 6.65. The van der Waals surface area contributed by atoms with Crippen molar-refractivity contribution in [2.24, 2.45) is 0 Å². The SMILES string of the molecule is C=CC(O)N(O[PH](=O)OC)C(O)C=C. The maximum atomic E-state index is 10.9. The van der Waals surface area contributed by atoms with Gasteiger partial charge in [0.15, 0.2) is 12.5 Å². The Bertz CT molecular complexity index is 208. The minimum Gasteiger partial charge on any atom is -0.372 e. The molecule has 0 amide bonds. The summed E-state index contributed by atoms with van der Waals surface area (Å²) in [4.78, 5) is 0. The molecular weight excluding hydrogens is 209 g/mol. The molecule has 2 N–H and O–H groups in total. The molecule has 0 bridgehead atoms. The molecule has 14 heavy (non-hydrogen) atoms. The van der Waals surface area contributed by atoms with Crippen molar-refractivity contribution >= 4 is 8.25 Å². The first-order valence-corrected chi connectivity index (χ1v) is 4.94. The molecule has 0 heterocycles. The predicted molar refractivity (Wildman–Crippen MR) is 51.3 cm³/mol. The van der Waals surface area contributed by atoms with E-state index in [4.69, 9.17) is 0 Å². The molecule has 0 aromatic heterocycles. The molecule has 0 aromatic rings. The summed E-state index contributed by atoms with van der Waals surface area (Å²) in [5.41, 5.74) is 0. The Balaban J connectivity index is 4.46. The van der Waals surface area contributed by atoms with Crippen molar-refractivity contribution in [3.63, 3.8) is 0 Å². The topological polar surface area (TPSA) is 79.2 Å². The molecule has 6 nitrogen and oxygen atoms in total. The van der Waals surface area contributed by atoms with E-state index < -0.39 is 20.7 Å². The first kappa shape index (κ1) is 13.5. The molecule has 0 fully saturated rings. The standard InChI is InChI=1S/C7H14NO5P/c1-4-6(9)8(7(10)5-2)13-14(11)12-3/h4-7,9-10,14H,1-2H2,3H3. The third-order valence-electron chi connectivity index (χ3n) is 1.29. The van der Waals surface area contributed by atoms with E-state index in [1.54, 1.807) is 0 Å². The lowest BCUT2D eigenvalue weighted by molar-refractivity contribution is -0.218. The van der Waals surface area contributed by atoms with Gasteiger partial charge in [0.2, 0.25) is 0 Å². The fraction of sp³-hybridized carbons (Fsp3) is 0.429. The van der Waals surface area contributed by atoms with E-state index in [0.717, 1.165) is 12.2 Å². The molecule has 0 spiro atoms. The molecule has 0 rings (SSSR count). The van der Waals surface area contributed by atoms with E-state index in [1.165, 1.54) is 7.11 Å². The van der Waals surface area contributed by atoms with Crippen molar-refractivity contribution in [3.8, 4) is 0 Å². The molecule has 0 saturated carbocycles. The van der Waals surface area contributed by atoms with Crippen LogP contribution in [0.25, 0.3) is 0 Å². The van der Waals surface area contributed by atoms with Gasteiger partial charge in [0.05, 0.1) is 0 Å². The van der Waals surface area contributed by atoms with Crippen LogP contribution in [0.3, 0.4) is 0 Å².